The molecule has 1 amide bonds. The molecule has 1 N–H and O–H groups in total. The number of carbonyl (C=O) groups excluding carboxylic acids is 2. The van der Waals surface area contributed by atoms with Gasteiger partial charge in [-0.05, 0) is 55.8 Å². The maximum atomic E-state index is 12.5. The Labute approximate surface area is 178 Å². The zero-order chi connectivity index (χ0) is 21.0. The van der Waals surface area contributed by atoms with Crippen LogP contribution in [0.1, 0.15) is 29.8 Å². The van der Waals surface area contributed by atoms with E-state index in [4.69, 9.17) is 27.9 Å². The van der Waals surface area contributed by atoms with Crippen LogP contribution >= 0.6 is 23.2 Å². The summed E-state index contributed by atoms with van der Waals surface area (Å²) < 4.78 is 7.29. The van der Waals surface area contributed by atoms with Gasteiger partial charge in [0.2, 0.25) is 0 Å². The molecule has 0 fully saturated rings. The van der Waals surface area contributed by atoms with Gasteiger partial charge in [0.25, 0.3) is 5.91 Å². The maximum Gasteiger partial charge on any atom is 0.266 e. The molecular formula is C21H19Cl2N3O3. The Bertz CT molecular complexity index is 1030. The van der Waals surface area contributed by atoms with Crippen molar-refractivity contribution in [3.8, 4) is 5.75 Å². The van der Waals surface area contributed by atoms with Crippen LogP contribution in [0.25, 0.3) is 0 Å². The summed E-state index contributed by atoms with van der Waals surface area (Å²) in [6.45, 7) is 3.51. The SMILES string of the molecule is CC(=O)c1ccc(OC(C)C(=O)Nc2ccnn2Cc2ccc(Cl)cc2Cl)cc1. The van der Waals surface area contributed by atoms with Crippen LogP contribution in [0.3, 0.4) is 0 Å². The molecule has 6 nitrogen and oxygen atoms in total. The molecular weight excluding hydrogens is 413 g/mol. The molecule has 0 saturated carbocycles. The quantitative estimate of drug-likeness (QED) is 0.542. The van der Waals surface area contributed by atoms with E-state index in [9.17, 15) is 9.59 Å². The number of hydrogen-bond donors (Lipinski definition) is 1. The van der Waals surface area contributed by atoms with Gasteiger partial charge in [0, 0.05) is 21.7 Å². The predicted molar refractivity (Wildman–Crippen MR) is 113 cm³/mol. The largest absolute Gasteiger partial charge is 0.481 e. The zero-order valence-electron chi connectivity index (χ0n) is 15.9. The zero-order valence-corrected chi connectivity index (χ0v) is 17.4. The summed E-state index contributed by atoms with van der Waals surface area (Å²) in [5, 5.41) is 8.11. The average molecular weight is 432 g/mol. The molecule has 1 unspecified atom stereocenters. The second-order valence-electron chi connectivity index (χ2n) is 6.44. The van der Waals surface area contributed by atoms with Crippen LogP contribution in [-0.4, -0.2) is 27.6 Å². The highest BCUT2D eigenvalue weighted by Gasteiger charge is 2.17. The number of amides is 1. The summed E-state index contributed by atoms with van der Waals surface area (Å²) in [6.07, 6.45) is 0.839. The van der Waals surface area contributed by atoms with Crippen molar-refractivity contribution < 1.29 is 14.3 Å². The normalized spacial score (nSPS) is 11.7. The van der Waals surface area contributed by atoms with Crippen molar-refractivity contribution >= 4 is 40.7 Å². The fraction of sp³-hybridized carbons (Fsp3) is 0.190. The number of hydrogen-bond acceptors (Lipinski definition) is 4. The third kappa shape index (κ3) is 5.37. The lowest BCUT2D eigenvalue weighted by Crippen LogP contribution is -2.31. The standard InChI is InChI=1S/C21H19Cl2N3O3/c1-13(27)15-4-7-18(8-5-15)29-14(2)21(28)25-20-9-10-24-26(20)12-16-3-6-17(22)11-19(16)23/h3-11,14H,12H2,1-2H3,(H,25,28). The van der Waals surface area contributed by atoms with Crippen LogP contribution in [0.4, 0.5) is 5.82 Å². The number of ether oxygens (including phenoxy) is 1. The van der Waals surface area contributed by atoms with E-state index in [2.05, 4.69) is 10.4 Å². The highest BCUT2D eigenvalue weighted by Crippen LogP contribution is 2.23. The van der Waals surface area contributed by atoms with Gasteiger partial charge in [-0.2, -0.15) is 5.10 Å². The molecule has 2 aromatic carbocycles. The van der Waals surface area contributed by atoms with Gasteiger partial charge < -0.3 is 10.1 Å². The molecule has 1 aromatic heterocycles. The number of halogens is 2. The molecule has 0 spiro atoms. The second-order valence-corrected chi connectivity index (χ2v) is 7.28. The number of aromatic nitrogens is 2. The van der Waals surface area contributed by atoms with Crippen LogP contribution < -0.4 is 10.1 Å². The molecule has 3 aromatic rings. The number of nitrogens with one attached hydrogen (secondary N) is 1. The molecule has 150 valence electrons. The van der Waals surface area contributed by atoms with Gasteiger partial charge in [-0.25, -0.2) is 4.68 Å². The summed E-state index contributed by atoms with van der Waals surface area (Å²) in [6, 6.07) is 13.6. The first-order valence-corrected chi connectivity index (χ1v) is 9.63. The van der Waals surface area contributed by atoms with E-state index in [0.29, 0.717) is 33.7 Å². The van der Waals surface area contributed by atoms with Crippen LogP contribution in [0.15, 0.2) is 54.7 Å². The molecule has 0 bridgehead atoms. The van der Waals surface area contributed by atoms with Gasteiger partial charge in [-0.1, -0.05) is 29.3 Å². The number of ketones is 1. The summed E-state index contributed by atoms with van der Waals surface area (Å²) in [5.41, 5.74) is 1.41. The summed E-state index contributed by atoms with van der Waals surface area (Å²) in [5.74, 6) is 0.656. The maximum absolute atomic E-state index is 12.5. The van der Waals surface area contributed by atoms with Gasteiger partial charge in [0.15, 0.2) is 11.9 Å². The van der Waals surface area contributed by atoms with E-state index >= 15 is 0 Å². The van der Waals surface area contributed by atoms with Crippen molar-refractivity contribution in [2.75, 3.05) is 5.32 Å². The van der Waals surface area contributed by atoms with Crippen LogP contribution in [0.5, 0.6) is 5.75 Å². The third-order valence-electron chi connectivity index (χ3n) is 4.25. The first-order chi connectivity index (χ1) is 13.8. The fourth-order valence-corrected chi connectivity index (χ4v) is 3.10. The Balaban J connectivity index is 1.64. The minimum atomic E-state index is -0.749. The van der Waals surface area contributed by atoms with Crippen molar-refractivity contribution in [3.05, 3.63) is 75.9 Å². The van der Waals surface area contributed by atoms with E-state index in [0.717, 1.165) is 5.56 Å². The van der Waals surface area contributed by atoms with E-state index in [1.165, 1.54) is 6.92 Å². The molecule has 0 saturated heterocycles. The summed E-state index contributed by atoms with van der Waals surface area (Å²) >= 11 is 12.2. The number of benzene rings is 2. The molecule has 29 heavy (non-hydrogen) atoms. The molecule has 8 heteroatoms. The van der Waals surface area contributed by atoms with Crippen molar-refractivity contribution in [2.24, 2.45) is 0 Å². The molecule has 3 rings (SSSR count). The lowest BCUT2D eigenvalue weighted by Gasteiger charge is -2.16. The van der Waals surface area contributed by atoms with Gasteiger partial charge in [-0.15, -0.1) is 0 Å². The summed E-state index contributed by atoms with van der Waals surface area (Å²) in [4.78, 5) is 23.9. The number of rotatable bonds is 7. The predicted octanol–water partition coefficient (Wildman–Crippen LogP) is 4.85. The van der Waals surface area contributed by atoms with Gasteiger partial charge in [0.05, 0.1) is 12.7 Å². The number of anilines is 1. The van der Waals surface area contributed by atoms with Gasteiger partial charge in [-0.3, -0.25) is 9.59 Å². The Morgan fingerprint density at radius 3 is 2.52 bits per heavy atom. The highest BCUT2D eigenvalue weighted by atomic mass is 35.5. The molecule has 0 aliphatic rings. The number of Topliss-reactive ketones (excluding diaryl/α,β-unsaturated/α-hetero) is 1. The van der Waals surface area contributed by atoms with Crippen molar-refractivity contribution in [1.82, 2.24) is 9.78 Å². The Morgan fingerprint density at radius 1 is 1.14 bits per heavy atom. The molecule has 0 aliphatic carbocycles. The topological polar surface area (TPSA) is 73.2 Å². The van der Waals surface area contributed by atoms with Crippen LogP contribution in [0.2, 0.25) is 10.0 Å². The Morgan fingerprint density at radius 2 is 1.86 bits per heavy atom. The highest BCUT2D eigenvalue weighted by molar-refractivity contribution is 6.35. The molecule has 1 atom stereocenters. The Kier molecular flexibility index (Phi) is 6.56. The minimum Gasteiger partial charge on any atom is -0.481 e. The number of carbonyl (C=O) groups is 2. The smallest absolute Gasteiger partial charge is 0.266 e. The van der Waals surface area contributed by atoms with E-state index in [1.807, 2.05) is 6.07 Å². The van der Waals surface area contributed by atoms with Crippen LogP contribution in [-0.2, 0) is 11.3 Å². The van der Waals surface area contributed by atoms with Gasteiger partial charge >= 0.3 is 0 Å². The van der Waals surface area contributed by atoms with E-state index in [1.54, 1.807) is 60.3 Å². The van der Waals surface area contributed by atoms with Crippen molar-refractivity contribution in [2.45, 2.75) is 26.5 Å². The van der Waals surface area contributed by atoms with Crippen molar-refractivity contribution in [1.29, 1.82) is 0 Å². The monoisotopic (exact) mass is 431 g/mol. The van der Waals surface area contributed by atoms with Gasteiger partial charge in [0.1, 0.15) is 11.6 Å². The molecule has 0 aliphatic heterocycles. The first-order valence-electron chi connectivity index (χ1n) is 8.88. The number of nitrogens with zero attached hydrogens (tertiary/aromatic N) is 2. The average Bonchev–Trinajstić information content (AvgIpc) is 3.11. The van der Waals surface area contributed by atoms with Crippen LogP contribution in [0, 0.1) is 0 Å². The third-order valence-corrected chi connectivity index (χ3v) is 4.83. The fourth-order valence-electron chi connectivity index (χ4n) is 2.63. The van der Waals surface area contributed by atoms with E-state index in [-0.39, 0.29) is 11.7 Å². The lowest BCUT2D eigenvalue weighted by atomic mass is 10.1. The molecule has 0 radical (unpaired) electrons. The molecule has 1 heterocycles. The lowest BCUT2D eigenvalue weighted by molar-refractivity contribution is -0.122. The first kappa shape index (κ1) is 20.9. The summed E-state index contributed by atoms with van der Waals surface area (Å²) in [7, 11) is 0. The van der Waals surface area contributed by atoms with E-state index < -0.39 is 6.10 Å². The minimum absolute atomic E-state index is 0.0311. The van der Waals surface area contributed by atoms with Crippen molar-refractivity contribution in [3.63, 3.8) is 0 Å². The Hall–Kier alpha value is -2.83. The second kappa shape index (κ2) is 9.11.